The predicted molar refractivity (Wildman–Crippen MR) is 90.6 cm³/mol. The molecule has 1 aliphatic rings. The number of aromatic amines is 1. The van der Waals surface area contributed by atoms with Gasteiger partial charge >= 0.3 is 0 Å². The Hall–Kier alpha value is -2.90. The molecule has 0 atom stereocenters. The quantitative estimate of drug-likeness (QED) is 0.432. The van der Waals surface area contributed by atoms with Crippen LogP contribution in [0.25, 0.3) is 0 Å². The predicted octanol–water partition coefficient (Wildman–Crippen LogP) is -0.264. The third-order valence-electron chi connectivity index (χ3n) is 3.90. The molecule has 0 unspecified atom stereocenters. The monoisotopic (exact) mass is 333 g/mol. The molecule has 8 heteroatoms. The van der Waals surface area contributed by atoms with Crippen molar-refractivity contribution in [1.29, 1.82) is 0 Å². The van der Waals surface area contributed by atoms with Gasteiger partial charge in [0.2, 0.25) is 5.56 Å². The lowest BCUT2D eigenvalue weighted by Crippen LogP contribution is -2.40. The van der Waals surface area contributed by atoms with E-state index in [1.807, 2.05) is 4.90 Å². The standard InChI is InChI=1S/C16H23N5O3/c1-10(8-13(17)16(19)23)15(18)21-6-4-11(5-7-21)24-12-2-3-14(22)20-9-12/h2-3,8-9,11H,4-7,17-18H2,1H3,(H2,19,23)(H,20,22)/b13-8-,15-10+. The number of aromatic nitrogens is 1. The molecule has 1 saturated heterocycles. The molecule has 24 heavy (non-hydrogen) atoms. The number of hydrogen-bond donors (Lipinski definition) is 4. The van der Waals surface area contributed by atoms with E-state index in [1.165, 1.54) is 12.1 Å². The number of hydrogen-bond acceptors (Lipinski definition) is 6. The smallest absolute Gasteiger partial charge is 0.264 e. The number of carbonyl (C=O) groups excluding carboxylic acids is 1. The first-order valence-corrected chi connectivity index (χ1v) is 7.70. The number of ether oxygens (including phenoxy) is 1. The normalized spacial score (nSPS) is 17.4. The van der Waals surface area contributed by atoms with Crippen LogP contribution in [-0.2, 0) is 4.79 Å². The number of amides is 1. The summed E-state index contributed by atoms with van der Waals surface area (Å²) in [6.07, 6.45) is 4.70. The number of allylic oxidation sites excluding steroid dienone is 2. The number of likely N-dealkylation sites (tertiary alicyclic amines) is 1. The molecule has 7 N–H and O–H groups in total. The van der Waals surface area contributed by atoms with Crippen LogP contribution in [0.15, 0.2) is 46.3 Å². The largest absolute Gasteiger partial charge is 0.489 e. The van der Waals surface area contributed by atoms with Crippen LogP contribution in [0.5, 0.6) is 5.75 Å². The average Bonchev–Trinajstić information content (AvgIpc) is 2.56. The number of nitrogens with zero attached hydrogens (tertiary/aromatic N) is 1. The maximum absolute atomic E-state index is 11.0. The molecular formula is C16H23N5O3. The summed E-state index contributed by atoms with van der Waals surface area (Å²) in [7, 11) is 0. The second kappa shape index (κ2) is 7.58. The van der Waals surface area contributed by atoms with E-state index < -0.39 is 5.91 Å². The number of piperidine rings is 1. The lowest BCUT2D eigenvalue weighted by atomic mass is 10.1. The van der Waals surface area contributed by atoms with Crippen molar-refractivity contribution in [1.82, 2.24) is 9.88 Å². The Morgan fingerprint density at radius 1 is 1.29 bits per heavy atom. The second-order valence-electron chi connectivity index (χ2n) is 5.73. The summed E-state index contributed by atoms with van der Waals surface area (Å²) in [5, 5.41) is 0. The van der Waals surface area contributed by atoms with Gasteiger partial charge in [-0.15, -0.1) is 0 Å². The van der Waals surface area contributed by atoms with Crippen molar-refractivity contribution in [3.8, 4) is 5.75 Å². The first-order valence-electron chi connectivity index (χ1n) is 7.70. The first-order chi connectivity index (χ1) is 11.4. The Bertz CT molecular complexity index is 694. The number of nitrogens with one attached hydrogen (secondary N) is 1. The van der Waals surface area contributed by atoms with Gasteiger partial charge in [0.15, 0.2) is 0 Å². The van der Waals surface area contributed by atoms with Gasteiger partial charge in [-0.2, -0.15) is 0 Å². The lowest BCUT2D eigenvalue weighted by molar-refractivity contribution is -0.114. The number of nitrogens with two attached hydrogens (primary N) is 3. The van der Waals surface area contributed by atoms with Crippen LogP contribution in [-0.4, -0.2) is 35.0 Å². The Morgan fingerprint density at radius 3 is 2.50 bits per heavy atom. The van der Waals surface area contributed by atoms with Crippen molar-refractivity contribution in [3.05, 3.63) is 51.9 Å². The highest BCUT2D eigenvalue weighted by atomic mass is 16.5. The molecule has 1 aliphatic heterocycles. The van der Waals surface area contributed by atoms with Gasteiger partial charge in [-0.3, -0.25) is 9.59 Å². The molecule has 130 valence electrons. The third kappa shape index (κ3) is 4.55. The molecule has 0 radical (unpaired) electrons. The van der Waals surface area contributed by atoms with Crippen LogP contribution >= 0.6 is 0 Å². The summed E-state index contributed by atoms with van der Waals surface area (Å²) in [5.74, 6) is 0.543. The van der Waals surface area contributed by atoms with Crippen LogP contribution < -0.4 is 27.5 Å². The van der Waals surface area contributed by atoms with Crippen molar-refractivity contribution in [2.24, 2.45) is 17.2 Å². The second-order valence-corrected chi connectivity index (χ2v) is 5.73. The molecule has 1 aromatic rings. The van der Waals surface area contributed by atoms with Gasteiger partial charge in [-0.1, -0.05) is 0 Å². The molecular weight excluding hydrogens is 310 g/mol. The summed E-state index contributed by atoms with van der Waals surface area (Å²) in [6, 6.07) is 3.09. The van der Waals surface area contributed by atoms with Gasteiger partial charge in [0.1, 0.15) is 17.7 Å². The molecule has 0 saturated carbocycles. The highest BCUT2D eigenvalue weighted by Crippen LogP contribution is 2.20. The molecule has 0 spiro atoms. The van der Waals surface area contributed by atoms with Gasteiger partial charge in [-0.25, -0.2) is 0 Å². The van der Waals surface area contributed by atoms with Gasteiger partial charge < -0.3 is 31.8 Å². The third-order valence-corrected chi connectivity index (χ3v) is 3.90. The zero-order valence-electron chi connectivity index (χ0n) is 13.6. The molecule has 2 heterocycles. The average molecular weight is 333 g/mol. The van der Waals surface area contributed by atoms with E-state index in [2.05, 4.69) is 4.98 Å². The van der Waals surface area contributed by atoms with E-state index in [1.54, 1.807) is 19.2 Å². The van der Waals surface area contributed by atoms with Crippen LogP contribution in [0.3, 0.4) is 0 Å². The highest BCUT2D eigenvalue weighted by Gasteiger charge is 2.21. The minimum absolute atomic E-state index is 0.0215. The highest BCUT2D eigenvalue weighted by molar-refractivity contribution is 5.91. The van der Waals surface area contributed by atoms with Crippen molar-refractivity contribution >= 4 is 5.91 Å². The lowest BCUT2D eigenvalue weighted by Gasteiger charge is -2.34. The molecule has 1 fully saturated rings. The minimum Gasteiger partial charge on any atom is -0.489 e. The van der Waals surface area contributed by atoms with Crippen LogP contribution in [0, 0.1) is 0 Å². The molecule has 0 bridgehead atoms. The van der Waals surface area contributed by atoms with Gasteiger partial charge in [0.25, 0.3) is 5.91 Å². The Balaban J connectivity index is 1.94. The Morgan fingerprint density at radius 2 is 1.96 bits per heavy atom. The van der Waals surface area contributed by atoms with Crippen molar-refractivity contribution in [2.75, 3.05) is 13.1 Å². The van der Waals surface area contributed by atoms with E-state index in [0.717, 1.165) is 25.9 Å². The topological polar surface area (TPSA) is 140 Å². The zero-order valence-corrected chi connectivity index (χ0v) is 13.6. The van der Waals surface area contributed by atoms with Gasteiger partial charge in [0.05, 0.1) is 5.70 Å². The number of H-pyrrole nitrogens is 1. The fourth-order valence-electron chi connectivity index (χ4n) is 2.50. The molecule has 8 nitrogen and oxygen atoms in total. The number of pyridine rings is 1. The van der Waals surface area contributed by atoms with Crippen LogP contribution in [0.1, 0.15) is 19.8 Å². The van der Waals surface area contributed by atoms with E-state index in [-0.39, 0.29) is 17.4 Å². The minimum atomic E-state index is -0.671. The van der Waals surface area contributed by atoms with Gasteiger partial charge in [0, 0.05) is 38.2 Å². The Labute approximate surface area is 139 Å². The van der Waals surface area contributed by atoms with Crippen molar-refractivity contribution in [2.45, 2.75) is 25.9 Å². The number of carbonyl (C=O) groups is 1. The molecule has 0 aromatic carbocycles. The van der Waals surface area contributed by atoms with Crippen molar-refractivity contribution in [3.63, 3.8) is 0 Å². The molecule has 0 aliphatic carbocycles. The van der Waals surface area contributed by atoms with E-state index in [4.69, 9.17) is 21.9 Å². The summed E-state index contributed by atoms with van der Waals surface area (Å²) in [6.45, 7) is 3.23. The van der Waals surface area contributed by atoms with Gasteiger partial charge in [-0.05, 0) is 24.6 Å². The fraction of sp³-hybridized carbons (Fsp3) is 0.375. The van der Waals surface area contributed by atoms with E-state index >= 15 is 0 Å². The molecule has 1 aromatic heterocycles. The van der Waals surface area contributed by atoms with Crippen molar-refractivity contribution < 1.29 is 9.53 Å². The molecule has 2 rings (SSSR count). The number of primary amides is 1. The first kappa shape index (κ1) is 17.5. The van der Waals surface area contributed by atoms with E-state index in [9.17, 15) is 9.59 Å². The summed E-state index contributed by atoms with van der Waals surface area (Å²) in [5.41, 5.74) is 17.3. The summed E-state index contributed by atoms with van der Waals surface area (Å²) in [4.78, 5) is 26.6. The maximum atomic E-state index is 11.0. The fourth-order valence-corrected chi connectivity index (χ4v) is 2.50. The summed E-state index contributed by atoms with van der Waals surface area (Å²) < 4.78 is 5.85. The van der Waals surface area contributed by atoms with Crippen LogP contribution in [0.4, 0.5) is 0 Å². The zero-order chi connectivity index (χ0) is 17.7. The Kier molecular flexibility index (Phi) is 5.51. The SMILES string of the molecule is CC(/C=C(\N)C(N)=O)=C(/N)N1CCC(Oc2ccc(=O)[nH]c2)CC1. The number of rotatable bonds is 5. The van der Waals surface area contributed by atoms with Crippen LogP contribution in [0.2, 0.25) is 0 Å². The summed E-state index contributed by atoms with van der Waals surface area (Å²) >= 11 is 0. The van der Waals surface area contributed by atoms with E-state index in [0.29, 0.717) is 17.1 Å². The maximum Gasteiger partial charge on any atom is 0.264 e. The molecule has 1 amide bonds.